The van der Waals surface area contributed by atoms with Crippen molar-refractivity contribution in [3.63, 3.8) is 0 Å². The first-order valence-electron chi connectivity index (χ1n) is 5.68. The van der Waals surface area contributed by atoms with E-state index in [4.69, 9.17) is 9.15 Å². The minimum atomic E-state index is -0.165. The third-order valence-electron chi connectivity index (χ3n) is 2.74. The van der Waals surface area contributed by atoms with Gasteiger partial charge in [0.25, 0.3) is 5.91 Å². The van der Waals surface area contributed by atoms with Gasteiger partial charge in [-0.25, -0.2) is 0 Å². The van der Waals surface area contributed by atoms with E-state index in [0.29, 0.717) is 5.56 Å². The van der Waals surface area contributed by atoms with E-state index in [0.717, 1.165) is 11.3 Å². The van der Waals surface area contributed by atoms with Crippen LogP contribution in [-0.4, -0.2) is 13.0 Å². The van der Waals surface area contributed by atoms with Crippen LogP contribution in [-0.2, 0) is 0 Å². The highest BCUT2D eigenvalue weighted by atomic mass is 16.5. The van der Waals surface area contributed by atoms with Crippen molar-refractivity contribution in [1.82, 2.24) is 5.32 Å². The van der Waals surface area contributed by atoms with Gasteiger partial charge in [0.1, 0.15) is 12.0 Å². The molecular formula is C14H15NO3. The molecule has 1 heterocycles. The molecule has 94 valence electrons. The molecule has 1 aromatic carbocycles. The van der Waals surface area contributed by atoms with Crippen LogP contribution in [0.4, 0.5) is 0 Å². The zero-order valence-corrected chi connectivity index (χ0v) is 10.3. The van der Waals surface area contributed by atoms with E-state index in [-0.39, 0.29) is 11.9 Å². The fourth-order valence-electron chi connectivity index (χ4n) is 1.78. The van der Waals surface area contributed by atoms with E-state index in [9.17, 15) is 4.79 Å². The number of methoxy groups -OCH3 is 1. The minimum Gasteiger partial charge on any atom is -0.496 e. The predicted molar refractivity (Wildman–Crippen MR) is 67.6 cm³/mol. The third-order valence-corrected chi connectivity index (χ3v) is 2.74. The molecule has 0 aliphatic heterocycles. The summed E-state index contributed by atoms with van der Waals surface area (Å²) in [5.74, 6) is 0.597. The number of carbonyl (C=O) groups is 1. The number of benzene rings is 1. The summed E-state index contributed by atoms with van der Waals surface area (Å²) in [5.41, 5.74) is 1.45. The van der Waals surface area contributed by atoms with Crippen molar-refractivity contribution in [2.24, 2.45) is 0 Å². The van der Waals surface area contributed by atoms with E-state index < -0.39 is 0 Å². The van der Waals surface area contributed by atoms with Crippen LogP contribution in [0.1, 0.15) is 28.9 Å². The van der Waals surface area contributed by atoms with Gasteiger partial charge >= 0.3 is 0 Å². The molecule has 0 spiro atoms. The number of carbonyl (C=O) groups excluding carboxylic acids is 1. The van der Waals surface area contributed by atoms with Gasteiger partial charge in [-0.2, -0.15) is 0 Å². The Bertz CT molecular complexity index is 520. The van der Waals surface area contributed by atoms with Crippen molar-refractivity contribution >= 4 is 5.91 Å². The van der Waals surface area contributed by atoms with Crippen LogP contribution in [0.25, 0.3) is 0 Å². The third kappa shape index (κ3) is 2.53. The number of para-hydroxylation sites is 1. The molecule has 0 radical (unpaired) electrons. The molecule has 1 unspecified atom stereocenters. The Labute approximate surface area is 106 Å². The zero-order valence-electron chi connectivity index (χ0n) is 10.3. The summed E-state index contributed by atoms with van der Waals surface area (Å²) in [6.45, 7) is 1.91. The molecule has 0 saturated carbocycles. The van der Waals surface area contributed by atoms with Gasteiger partial charge in [-0.15, -0.1) is 0 Å². The molecular weight excluding hydrogens is 230 g/mol. The van der Waals surface area contributed by atoms with Gasteiger partial charge in [-0.3, -0.25) is 4.79 Å². The van der Waals surface area contributed by atoms with Crippen molar-refractivity contribution in [1.29, 1.82) is 0 Å². The summed E-state index contributed by atoms with van der Waals surface area (Å²) in [6, 6.07) is 9.11. The topological polar surface area (TPSA) is 51.5 Å². The molecule has 2 rings (SSSR count). The predicted octanol–water partition coefficient (Wildman–Crippen LogP) is 2.78. The quantitative estimate of drug-likeness (QED) is 0.901. The van der Waals surface area contributed by atoms with Crippen molar-refractivity contribution in [3.05, 3.63) is 54.0 Å². The number of rotatable bonds is 4. The molecule has 0 aliphatic carbocycles. The second kappa shape index (κ2) is 5.40. The molecule has 1 atom stereocenters. The number of amides is 1. The smallest absolute Gasteiger partial charge is 0.255 e. The fraction of sp³-hybridized carbons (Fsp3) is 0.214. The Morgan fingerprint density at radius 1 is 1.33 bits per heavy atom. The lowest BCUT2D eigenvalue weighted by Gasteiger charge is -2.16. The SMILES string of the molecule is COc1ccccc1C(C)NC(=O)c1ccoc1. The maximum Gasteiger partial charge on any atom is 0.255 e. The van der Waals surface area contributed by atoms with Gasteiger partial charge in [0, 0.05) is 5.56 Å². The molecule has 1 amide bonds. The monoisotopic (exact) mass is 245 g/mol. The van der Waals surface area contributed by atoms with Gasteiger partial charge in [0.05, 0.1) is 25.0 Å². The van der Waals surface area contributed by atoms with Crippen LogP contribution >= 0.6 is 0 Å². The highest BCUT2D eigenvalue weighted by Gasteiger charge is 2.15. The number of nitrogens with one attached hydrogen (secondary N) is 1. The second-order valence-electron chi connectivity index (χ2n) is 3.95. The molecule has 1 aromatic heterocycles. The molecule has 1 N–H and O–H groups in total. The molecule has 0 fully saturated rings. The van der Waals surface area contributed by atoms with Crippen LogP contribution in [0.5, 0.6) is 5.75 Å². The highest BCUT2D eigenvalue weighted by Crippen LogP contribution is 2.24. The molecule has 4 nitrogen and oxygen atoms in total. The summed E-state index contributed by atoms with van der Waals surface area (Å²) in [5, 5.41) is 2.89. The van der Waals surface area contributed by atoms with E-state index in [1.807, 2.05) is 31.2 Å². The van der Waals surface area contributed by atoms with Crippen molar-refractivity contribution < 1.29 is 13.9 Å². The van der Waals surface area contributed by atoms with Gasteiger partial charge in [0.2, 0.25) is 0 Å². The second-order valence-corrected chi connectivity index (χ2v) is 3.95. The van der Waals surface area contributed by atoms with Crippen molar-refractivity contribution in [2.75, 3.05) is 7.11 Å². The molecule has 0 aliphatic rings. The Balaban J connectivity index is 2.12. The Hall–Kier alpha value is -2.23. The van der Waals surface area contributed by atoms with Crippen LogP contribution in [0.15, 0.2) is 47.3 Å². The standard InChI is InChI=1S/C14H15NO3/c1-10(12-5-3-4-6-13(12)17-2)15-14(16)11-7-8-18-9-11/h3-10H,1-2H3,(H,15,16). The minimum absolute atomic E-state index is 0.136. The maximum absolute atomic E-state index is 11.9. The average Bonchev–Trinajstić information content (AvgIpc) is 2.92. The molecule has 4 heteroatoms. The lowest BCUT2D eigenvalue weighted by molar-refractivity contribution is 0.0939. The average molecular weight is 245 g/mol. The van der Waals surface area contributed by atoms with E-state index >= 15 is 0 Å². The van der Waals surface area contributed by atoms with Crippen LogP contribution in [0.2, 0.25) is 0 Å². The first-order chi connectivity index (χ1) is 8.72. The molecule has 18 heavy (non-hydrogen) atoms. The number of hydrogen-bond donors (Lipinski definition) is 1. The number of ether oxygens (including phenoxy) is 1. The fourth-order valence-corrected chi connectivity index (χ4v) is 1.78. The molecule has 0 saturated heterocycles. The lowest BCUT2D eigenvalue weighted by Crippen LogP contribution is -2.26. The zero-order chi connectivity index (χ0) is 13.0. The first-order valence-corrected chi connectivity index (χ1v) is 5.68. The largest absolute Gasteiger partial charge is 0.496 e. The summed E-state index contributed by atoms with van der Waals surface area (Å²) < 4.78 is 10.2. The molecule has 0 bridgehead atoms. The van der Waals surface area contributed by atoms with Crippen molar-refractivity contribution in [2.45, 2.75) is 13.0 Å². The van der Waals surface area contributed by atoms with Crippen LogP contribution in [0, 0.1) is 0 Å². The van der Waals surface area contributed by atoms with Gasteiger partial charge in [-0.1, -0.05) is 18.2 Å². The maximum atomic E-state index is 11.9. The Kier molecular flexibility index (Phi) is 3.67. The number of furan rings is 1. The highest BCUT2D eigenvalue weighted by molar-refractivity contribution is 5.94. The van der Waals surface area contributed by atoms with Crippen molar-refractivity contribution in [3.8, 4) is 5.75 Å². The summed E-state index contributed by atoms with van der Waals surface area (Å²) in [7, 11) is 1.61. The number of hydrogen-bond acceptors (Lipinski definition) is 3. The lowest BCUT2D eigenvalue weighted by atomic mass is 10.1. The van der Waals surface area contributed by atoms with Gasteiger partial charge in [0.15, 0.2) is 0 Å². The summed E-state index contributed by atoms with van der Waals surface area (Å²) in [6.07, 6.45) is 2.90. The summed E-state index contributed by atoms with van der Waals surface area (Å²) >= 11 is 0. The van der Waals surface area contributed by atoms with Gasteiger partial charge in [-0.05, 0) is 19.1 Å². The normalized spacial score (nSPS) is 11.9. The van der Waals surface area contributed by atoms with Gasteiger partial charge < -0.3 is 14.5 Å². The first kappa shape index (κ1) is 12.2. The Morgan fingerprint density at radius 2 is 2.11 bits per heavy atom. The Morgan fingerprint density at radius 3 is 2.78 bits per heavy atom. The summed E-state index contributed by atoms with van der Waals surface area (Å²) in [4.78, 5) is 11.9. The van der Waals surface area contributed by atoms with E-state index in [1.165, 1.54) is 12.5 Å². The molecule has 2 aromatic rings. The van der Waals surface area contributed by atoms with E-state index in [2.05, 4.69) is 5.32 Å². The van der Waals surface area contributed by atoms with E-state index in [1.54, 1.807) is 13.2 Å². The van der Waals surface area contributed by atoms with Crippen LogP contribution in [0.3, 0.4) is 0 Å². The van der Waals surface area contributed by atoms with Crippen LogP contribution < -0.4 is 10.1 Å².